The second kappa shape index (κ2) is 11.3. The van der Waals surface area contributed by atoms with Crippen LogP contribution in [0.2, 0.25) is 0 Å². The summed E-state index contributed by atoms with van der Waals surface area (Å²) in [5, 5.41) is 11.8. The molecule has 44 heavy (non-hydrogen) atoms. The summed E-state index contributed by atoms with van der Waals surface area (Å²) >= 11 is 3.50. The number of sulfonamides is 1. The van der Waals surface area contributed by atoms with Crippen molar-refractivity contribution in [3.05, 3.63) is 64.4 Å². The molecule has 2 amide bonds. The lowest BCUT2D eigenvalue weighted by atomic mass is 10.0. The van der Waals surface area contributed by atoms with Gasteiger partial charge in [0.1, 0.15) is 5.82 Å². The summed E-state index contributed by atoms with van der Waals surface area (Å²) in [6.07, 6.45) is 3.69. The van der Waals surface area contributed by atoms with Crippen molar-refractivity contribution in [1.29, 1.82) is 0 Å². The van der Waals surface area contributed by atoms with E-state index in [2.05, 4.69) is 26.2 Å². The number of aryl methyl sites for hydroxylation is 1. The fourth-order valence-corrected chi connectivity index (χ4v) is 6.40. The summed E-state index contributed by atoms with van der Waals surface area (Å²) in [7, 11) is -4.48. The fourth-order valence-electron chi connectivity index (χ4n) is 5.05. The Morgan fingerprint density at radius 1 is 1.18 bits per heavy atom. The zero-order valence-electron chi connectivity index (χ0n) is 22.9. The van der Waals surface area contributed by atoms with Crippen LogP contribution < -0.4 is 14.9 Å². The molecule has 0 spiro atoms. The molecule has 1 aromatic heterocycles. The Kier molecular flexibility index (Phi) is 7.96. The van der Waals surface area contributed by atoms with Gasteiger partial charge in [0, 0.05) is 34.6 Å². The highest BCUT2D eigenvalue weighted by atomic mass is 79.9. The van der Waals surface area contributed by atoms with Gasteiger partial charge in [-0.05, 0) is 45.6 Å². The van der Waals surface area contributed by atoms with Crippen molar-refractivity contribution in [1.82, 2.24) is 14.9 Å². The Labute approximate surface area is 256 Å². The van der Waals surface area contributed by atoms with Crippen LogP contribution in [0.4, 0.5) is 24.7 Å². The first-order valence-electron chi connectivity index (χ1n) is 12.9. The third-order valence-corrected chi connectivity index (χ3v) is 8.99. The van der Waals surface area contributed by atoms with Gasteiger partial charge in [-0.2, -0.15) is 21.6 Å². The predicted molar refractivity (Wildman–Crippen MR) is 155 cm³/mol. The number of alkyl halides is 3. The molecule has 0 saturated carbocycles. The predicted octanol–water partition coefficient (Wildman–Crippen LogP) is 4.43. The number of amides is 2. The van der Waals surface area contributed by atoms with Crippen LogP contribution in [-0.4, -0.2) is 59.5 Å². The summed E-state index contributed by atoms with van der Waals surface area (Å²) in [5.74, 6) is -3.03. The maximum atomic E-state index is 13.4. The number of benzene rings is 1. The van der Waals surface area contributed by atoms with Crippen molar-refractivity contribution in [3.8, 4) is 22.3 Å². The zero-order valence-corrected chi connectivity index (χ0v) is 25.3. The third kappa shape index (κ3) is 5.19. The summed E-state index contributed by atoms with van der Waals surface area (Å²) in [5.41, 5.74) is -4.15. The number of anilines is 2. The number of carbonyl (C=O) groups is 3. The van der Waals surface area contributed by atoms with Gasteiger partial charge in [0.2, 0.25) is 6.04 Å². The number of aromatic nitrogens is 2. The van der Waals surface area contributed by atoms with Crippen LogP contribution in [-0.2, 0) is 32.6 Å². The van der Waals surface area contributed by atoms with Crippen molar-refractivity contribution in [2.45, 2.75) is 37.9 Å². The number of aliphatic carboxylic acids is 1. The zero-order chi connectivity index (χ0) is 32.1. The molecule has 3 N–H and O–H groups in total. The minimum atomic E-state index is -5.79. The Hall–Kier alpha value is -4.38. The van der Waals surface area contributed by atoms with Crippen molar-refractivity contribution in [2.75, 3.05) is 16.7 Å². The Balaban J connectivity index is 1.74. The van der Waals surface area contributed by atoms with E-state index in [4.69, 9.17) is 4.42 Å². The molecule has 232 valence electrons. The standard InChI is InChI=1S/C27H23BrF3N5O7S/c1-3-6-18-32-23-22(24(37)33-21(26(39)40)25(38)35(23)2)36(18)11-15-13-9-10-43-12-16(13)20(28)19(15)14-7-4-5-8-17(14)34-44(41,42)27(29,30)31/h4-5,7-10,12,21,34H,3,6,11H2,1-2H3,(H,33,37)(H,39,40). The van der Waals surface area contributed by atoms with Gasteiger partial charge in [-0.3, -0.25) is 19.2 Å². The Morgan fingerprint density at radius 2 is 1.89 bits per heavy atom. The van der Waals surface area contributed by atoms with Gasteiger partial charge in [-0.15, -0.1) is 0 Å². The first-order valence-corrected chi connectivity index (χ1v) is 15.2. The highest BCUT2D eigenvalue weighted by Gasteiger charge is 2.46. The molecular weight excluding hydrogens is 675 g/mol. The minimum absolute atomic E-state index is 0.0653. The van der Waals surface area contributed by atoms with Gasteiger partial charge in [-0.25, -0.2) is 9.78 Å². The summed E-state index contributed by atoms with van der Waals surface area (Å²) in [4.78, 5) is 43.6. The second-order valence-electron chi connectivity index (χ2n) is 9.83. The molecule has 0 fully saturated rings. The number of fused-ring (bicyclic) bond motifs is 2. The molecule has 3 heterocycles. The largest absolute Gasteiger partial charge is 0.516 e. The quantitative estimate of drug-likeness (QED) is 0.228. The van der Waals surface area contributed by atoms with Gasteiger partial charge in [0.15, 0.2) is 11.5 Å². The average Bonchev–Trinajstić information content (AvgIpc) is 3.42. The number of nitrogens with zero attached hydrogens (tertiary/aromatic N) is 3. The van der Waals surface area contributed by atoms with Gasteiger partial charge >= 0.3 is 21.5 Å². The average molecular weight is 698 g/mol. The van der Waals surface area contributed by atoms with Gasteiger partial charge in [0.25, 0.3) is 11.8 Å². The van der Waals surface area contributed by atoms with Crippen LogP contribution in [0.15, 0.2) is 51.7 Å². The van der Waals surface area contributed by atoms with E-state index in [1.807, 2.05) is 6.92 Å². The highest BCUT2D eigenvalue weighted by Crippen LogP contribution is 2.49. The molecule has 3 aliphatic rings. The van der Waals surface area contributed by atoms with Crippen molar-refractivity contribution >= 4 is 55.2 Å². The van der Waals surface area contributed by atoms with Crippen molar-refractivity contribution < 1.29 is 45.5 Å². The van der Waals surface area contributed by atoms with E-state index in [1.54, 1.807) is 10.8 Å². The van der Waals surface area contributed by atoms with Crippen LogP contribution in [0.3, 0.4) is 0 Å². The molecule has 1 aliphatic carbocycles. The molecule has 2 aliphatic heterocycles. The number of nitrogens with one attached hydrogen (secondary N) is 2. The third-order valence-electron chi connectivity index (χ3n) is 7.07. The molecule has 5 rings (SSSR count). The van der Waals surface area contributed by atoms with E-state index in [0.717, 1.165) is 4.90 Å². The van der Waals surface area contributed by atoms with E-state index >= 15 is 0 Å². The van der Waals surface area contributed by atoms with Gasteiger partial charge < -0.3 is 19.4 Å². The second-order valence-corrected chi connectivity index (χ2v) is 12.3. The number of para-hydroxylation sites is 1. The fraction of sp³-hybridized carbons (Fsp3) is 0.259. The van der Waals surface area contributed by atoms with E-state index < -0.39 is 39.4 Å². The maximum absolute atomic E-state index is 13.4. The van der Waals surface area contributed by atoms with E-state index in [1.165, 1.54) is 48.4 Å². The summed E-state index contributed by atoms with van der Waals surface area (Å²) in [6, 6.07) is 5.25. The Morgan fingerprint density at radius 3 is 2.55 bits per heavy atom. The Bertz CT molecular complexity index is 1890. The topological polar surface area (TPSA) is 164 Å². The number of likely N-dealkylation sites (N-methyl/N-ethyl adjacent to an activating group) is 1. The molecule has 1 unspecified atom stereocenters. The molecule has 2 aromatic rings. The maximum Gasteiger partial charge on any atom is 0.516 e. The van der Waals surface area contributed by atoms with Crippen LogP contribution in [0.25, 0.3) is 22.3 Å². The smallest absolute Gasteiger partial charge is 0.479 e. The van der Waals surface area contributed by atoms with Crippen LogP contribution in [0, 0.1) is 0 Å². The number of carboxylic acids is 1. The first kappa shape index (κ1) is 31.1. The van der Waals surface area contributed by atoms with E-state index in [-0.39, 0.29) is 29.3 Å². The number of carboxylic acid groups (broad SMARTS) is 1. The van der Waals surface area contributed by atoms with E-state index in [9.17, 15) is 41.1 Å². The monoisotopic (exact) mass is 697 g/mol. The first-order chi connectivity index (χ1) is 20.7. The molecular formula is C27H23BrF3N5O7S. The highest BCUT2D eigenvalue weighted by molar-refractivity contribution is 9.10. The molecule has 0 radical (unpaired) electrons. The minimum Gasteiger partial charge on any atom is -0.479 e. The number of halogens is 4. The lowest BCUT2D eigenvalue weighted by molar-refractivity contribution is -0.142. The number of carbonyl (C=O) groups excluding carboxylic acids is 2. The number of hydrogen-bond acceptors (Lipinski definition) is 7. The number of imidazole rings is 1. The van der Waals surface area contributed by atoms with Crippen LogP contribution in [0.1, 0.15) is 35.2 Å². The molecule has 1 atom stereocenters. The molecule has 1 aromatic carbocycles. The van der Waals surface area contributed by atoms with Gasteiger partial charge in [0.05, 0.1) is 24.8 Å². The molecule has 12 nitrogen and oxygen atoms in total. The number of rotatable bonds is 8. The normalized spacial score (nSPS) is 15.7. The summed E-state index contributed by atoms with van der Waals surface area (Å²) < 4.78 is 73.0. The molecule has 0 bridgehead atoms. The van der Waals surface area contributed by atoms with Crippen LogP contribution in [0.5, 0.6) is 0 Å². The van der Waals surface area contributed by atoms with Crippen molar-refractivity contribution in [3.63, 3.8) is 0 Å². The molecule has 0 saturated heterocycles. The lowest BCUT2D eigenvalue weighted by Crippen LogP contribution is -2.49. The molecule has 17 heteroatoms. The SMILES string of the molecule is CCCc1nc2c(n1Cc1c3ccocc-3c(Br)c1-c1ccccc1NS(=O)(=O)C(F)(F)F)C(=O)NC(C(=O)O)C(=O)N2C. The van der Waals surface area contributed by atoms with Gasteiger partial charge in [-0.1, -0.05) is 25.1 Å². The van der Waals surface area contributed by atoms with Crippen LogP contribution >= 0.6 is 15.9 Å². The van der Waals surface area contributed by atoms with Crippen molar-refractivity contribution in [2.24, 2.45) is 0 Å². The number of hydrogen-bond donors (Lipinski definition) is 3. The summed E-state index contributed by atoms with van der Waals surface area (Å²) in [6.45, 7) is 1.73. The van der Waals surface area contributed by atoms with E-state index in [0.29, 0.717) is 45.4 Å². The lowest BCUT2D eigenvalue weighted by Gasteiger charge is -2.17.